The summed E-state index contributed by atoms with van der Waals surface area (Å²) in [7, 11) is 0. The average Bonchev–Trinajstić information content (AvgIpc) is 2.79. The first-order valence-electron chi connectivity index (χ1n) is 10.8. The van der Waals surface area contributed by atoms with Crippen LogP contribution in [0, 0.1) is 0 Å². The van der Waals surface area contributed by atoms with Crippen molar-refractivity contribution in [2.45, 2.75) is 39.0 Å². The van der Waals surface area contributed by atoms with Crippen LogP contribution in [0.5, 0.6) is 0 Å². The lowest BCUT2D eigenvalue weighted by molar-refractivity contribution is -0.138. The zero-order valence-corrected chi connectivity index (χ0v) is 18.1. The van der Waals surface area contributed by atoms with Crippen LogP contribution in [0.4, 0.5) is 5.69 Å². The third-order valence-corrected chi connectivity index (χ3v) is 5.55. The molecule has 0 spiro atoms. The summed E-state index contributed by atoms with van der Waals surface area (Å²) in [4.78, 5) is 37.6. The van der Waals surface area contributed by atoms with Crippen LogP contribution in [0.1, 0.15) is 50.2 Å². The van der Waals surface area contributed by atoms with Gasteiger partial charge in [-0.1, -0.05) is 42.5 Å². The van der Waals surface area contributed by atoms with Gasteiger partial charge in [0.25, 0.3) is 0 Å². The van der Waals surface area contributed by atoms with Crippen LogP contribution in [-0.2, 0) is 23.9 Å². The van der Waals surface area contributed by atoms with Crippen LogP contribution in [0.3, 0.4) is 0 Å². The number of nitrogens with one attached hydrogen (secondary N) is 1. The molecular weight excluding hydrogens is 406 g/mol. The Balaban J connectivity index is 1.91. The van der Waals surface area contributed by atoms with Crippen LogP contribution in [0.15, 0.2) is 71.5 Å². The first-order valence-corrected chi connectivity index (χ1v) is 10.8. The number of ether oxygens (including phenoxy) is 2. The maximum absolute atomic E-state index is 13.2. The Kier molecular flexibility index (Phi) is 6.21. The molecule has 0 aromatic heterocycles. The molecule has 164 valence electrons. The number of hydrogen-bond acceptors (Lipinski definition) is 5. The van der Waals surface area contributed by atoms with Crippen LogP contribution in [0.25, 0.3) is 5.76 Å². The van der Waals surface area contributed by atoms with Gasteiger partial charge in [0.05, 0.1) is 18.1 Å². The fourth-order valence-corrected chi connectivity index (χ4v) is 4.23. The van der Waals surface area contributed by atoms with Gasteiger partial charge in [0.15, 0.2) is 5.78 Å². The number of amides is 1. The summed E-state index contributed by atoms with van der Waals surface area (Å²) in [6, 6.07) is 16.6. The van der Waals surface area contributed by atoms with Crippen molar-refractivity contribution in [3.8, 4) is 0 Å². The van der Waals surface area contributed by atoms with E-state index in [1.165, 1.54) is 6.92 Å². The Morgan fingerprint density at radius 2 is 1.78 bits per heavy atom. The molecule has 1 N–H and O–H groups in total. The van der Waals surface area contributed by atoms with Crippen LogP contribution in [-0.4, -0.2) is 24.3 Å². The van der Waals surface area contributed by atoms with Crippen molar-refractivity contribution in [1.29, 1.82) is 0 Å². The molecule has 0 radical (unpaired) electrons. The molecule has 0 bridgehead atoms. The summed E-state index contributed by atoms with van der Waals surface area (Å²) in [5, 5.41) is 2.74. The van der Waals surface area contributed by atoms with E-state index in [1.54, 1.807) is 19.1 Å². The zero-order valence-electron chi connectivity index (χ0n) is 18.1. The molecule has 6 nitrogen and oxygen atoms in total. The topological polar surface area (TPSA) is 81.7 Å². The van der Waals surface area contributed by atoms with E-state index in [-0.39, 0.29) is 18.3 Å². The highest BCUT2D eigenvalue weighted by molar-refractivity contribution is 6.06. The summed E-state index contributed by atoms with van der Waals surface area (Å²) in [5.74, 6) is -0.261. The van der Waals surface area contributed by atoms with E-state index in [4.69, 9.17) is 9.47 Å². The number of esters is 1. The number of ketones is 1. The lowest BCUT2D eigenvalue weighted by atomic mass is 9.76. The summed E-state index contributed by atoms with van der Waals surface area (Å²) in [6.07, 6.45) is 1.76. The van der Waals surface area contributed by atoms with Crippen molar-refractivity contribution >= 4 is 29.1 Å². The van der Waals surface area contributed by atoms with Crippen molar-refractivity contribution < 1.29 is 23.9 Å². The van der Waals surface area contributed by atoms with E-state index < -0.39 is 11.9 Å². The number of hydrogen-bond donors (Lipinski definition) is 1. The van der Waals surface area contributed by atoms with Gasteiger partial charge in [0.2, 0.25) is 5.91 Å². The molecule has 4 rings (SSSR count). The van der Waals surface area contributed by atoms with Crippen LogP contribution in [0.2, 0.25) is 0 Å². The van der Waals surface area contributed by atoms with Gasteiger partial charge >= 0.3 is 5.97 Å². The largest absolute Gasteiger partial charge is 0.463 e. The molecule has 6 heteroatoms. The standard InChI is InChI=1S/C26H25NO5/c1-3-31-26(30)24-22(17-12-14-19(15-13-17)27-16(2)28)23-20(29)10-7-11-21(23)32-25(24)18-8-5-4-6-9-18/h4-6,8-9,12-15,22H,3,7,10-11H2,1-2H3,(H,27,28)/t22-/m0/s1. The third kappa shape index (κ3) is 4.21. The van der Waals surface area contributed by atoms with E-state index in [1.807, 2.05) is 42.5 Å². The molecule has 2 aliphatic rings. The van der Waals surface area contributed by atoms with Gasteiger partial charge in [-0.05, 0) is 31.0 Å². The lowest BCUT2D eigenvalue weighted by Gasteiger charge is -2.34. The second-order valence-corrected chi connectivity index (χ2v) is 7.78. The highest BCUT2D eigenvalue weighted by Gasteiger charge is 2.41. The van der Waals surface area contributed by atoms with Crippen LogP contribution < -0.4 is 5.32 Å². The van der Waals surface area contributed by atoms with Crippen molar-refractivity contribution in [3.63, 3.8) is 0 Å². The summed E-state index contributed by atoms with van der Waals surface area (Å²) in [5.41, 5.74) is 3.00. The molecule has 1 amide bonds. The second kappa shape index (κ2) is 9.22. The number of rotatable bonds is 5. The first kappa shape index (κ1) is 21.6. The summed E-state index contributed by atoms with van der Waals surface area (Å²) >= 11 is 0. The molecule has 0 saturated carbocycles. The Hall–Kier alpha value is -3.67. The lowest BCUT2D eigenvalue weighted by Crippen LogP contribution is -2.29. The number of Topliss-reactive ketones (excluding diaryl/α,β-unsaturated/α-hetero) is 1. The fourth-order valence-electron chi connectivity index (χ4n) is 4.23. The molecule has 2 aromatic carbocycles. The van der Waals surface area contributed by atoms with Crippen molar-refractivity contribution in [2.75, 3.05) is 11.9 Å². The number of carbonyl (C=O) groups is 3. The van der Waals surface area contributed by atoms with Gasteiger partial charge in [-0.2, -0.15) is 0 Å². The minimum Gasteiger partial charge on any atom is -0.463 e. The Morgan fingerprint density at radius 3 is 2.44 bits per heavy atom. The molecule has 1 aliphatic carbocycles. The maximum atomic E-state index is 13.2. The number of benzene rings is 2. The third-order valence-electron chi connectivity index (χ3n) is 5.55. The smallest absolute Gasteiger partial charge is 0.338 e. The fraction of sp³-hybridized carbons (Fsp3) is 0.269. The molecule has 1 aliphatic heterocycles. The zero-order chi connectivity index (χ0) is 22.7. The van der Waals surface area contributed by atoms with Crippen molar-refractivity contribution in [1.82, 2.24) is 0 Å². The van der Waals surface area contributed by atoms with E-state index in [0.717, 1.165) is 11.1 Å². The Bertz CT molecular complexity index is 1110. The predicted molar refractivity (Wildman–Crippen MR) is 120 cm³/mol. The van der Waals surface area contributed by atoms with Gasteiger partial charge in [0, 0.05) is 36.6 Å². The monoisotopic (exact) mass is 431 g/mol. The second-order valence-electron chi connectivity index (χ2n) is 7.78. The number of allylic oxidation sites excluding steroid dienone is 2. The molecule has 2 aromatic rings. The first-order chi connectivity index (χ1) is 15.5. The normalized spacial score (nSPS) is 18.1. The van der Waals surface area contributed by atoms with Crippen LogP contribution >= 0.6 is 0 Å². The van der Waals surface area contributed by atoms with E-state index in [0.29, 0.717) is 47.6 Å². The minimum atomic E-state index is -0.604. The molecule has 0 unspecified atom stereocenters. The number of anilines is 1. The Labute approximate surface area is 186 Å². The molecule has 0 saturated heterocycles. The minimum absolute atomic E-state index is 0.0175. The van der Waals surface area contributed by atoms with Crippen molar-refractivity contribution in [2.24, 2.45) is 0 Å². The summed E-state index contributed by atoms with van der Waals surface area (Å²) in [6.45, 7) is 3.40. The van der Waals surface area contributed by atoms with Gasteiger partial charge in [-0.15, -0.1) is 0 Å². The van der Waals surface area contributed by atoms with E-state index >= 15 is 0 Å². The number of carbonyl (C=O) groups excluding carboxylic acids is 3. The molecule has 1 heterocycles. The highest BCUT2D eigenvalue weighted by atomic mass is 16.5. The molecule has 32 heavy (non-hydrogen) atoms. The van der Waals surface area contributed by atoms with Gasteiger partial charge in [-0.25, -0.2) is 4.79 Å². The molecule has 1 atom stereocenters. The van der Waals surface area contributed by atoms with Crippen molar-refractivity contribution in [3.05, 3.63) is 82.6 Å². The van der Waals surface area contributed by atoms with Gasteiger partial charge in [0.1, 0.15) is 11.5 Å². The maximum Gasteiger partial charge on any atom is 0.338 e. The summed E-state index contributed by atoms with van der Waals surface area (Å²) < 4.78 is 11.6. The van der Waals surface area contributed by atoms with E-state index in [2.05, 4.69) is 5.32 Å². The predicted octanol–water partition coefficient (Wildman–Crippen LogP) is 4.74. The SMILES string of the molecule is CCOC(=O)C1=C(c2ccccc2)OC2=C(C(=O)CCC2)[C@@H]1c1ccc(NC(C)=O)cc1. The average molecular weight is 431 g/mol. The van der Waals surface area contributed by atoms with E-state index in [9.17, 15) is 14.4 Å². The molecule has 0 fully saturated rings. The molecular formula is C26H25NO5. The highest BCUT2D eigenvalue weighted by Crippen LogP contribution is 2.47. The van der Waals surface area contributed by atoms with Gasteiger partial charge < -0.3 is 14.8 Å². The van der Waals surface area contributed by atoms with Gasteiger partial charge in [-0.3, -0.25) is 9.59 Å². The Morgan fingerprint density at radius 1 is 1.06 bits per heavy atom. The quantitative estimate of drug-likeness (QED) is 0.692.